The highest BCUT2D eigenvalue weighted by Gasteiger charge is 2.31. The Balaban J connectivity index is 2.03. The Hall–Kier alpha value is -2.41. The monoisotopic (exact) mass is 362 g/mol. The highest BCUT2D eigenvalue weighted by molar-refractivity contribution is 5.87. The Kier molecular flexibility index (Phi) is 6.74. The van der Waals surface area contributed by atoms with Crippen molar-refractivity contribution < 1.29 is 24.3 Å². The van der Waals surface area contributed by atoms with Crippen LogP contribution in [0.5, 0.6) is 0 Å². The van der Waals surface area contributed by atoms with Crippen LogP contribution in [0.3, 0.4) is 0 Å². The molecule has 26 heavy (non-hydrogen) atoms. The second-order valence-corrected chi connectivity index (χ2v) is 6.88. The van der Waals surface area contributed by atoms with Gasteiger partial charge in [0.2, 0.25) is 11.5 Å². The van der Waals surface area contributed by atoms with Crippen LogP contribution in [0.15, 0.2) is 29.4 Å². The second kappa shape index (κ2) is 8.80. The summed E-state index contributed by atoms with van der Waals surface area (Å²) in [4.78, 5) is 27.8. The van der Waals surface area contributed by atoms with Crippen molar-refractivity contribution in [1.82, 2.24) is 5.32 Å². The van der Waals surface area contributed by atoms with E-state index in [0.29, 0.717) is 26.1 Å². The molecule has 0 spiro atoms. The number of amides is 1. The third-order valence-electron chi connectivity index (χ3n) is 4.35. The van der Waals surface area contributed by atoms with Gasteiger partial charge < -0.3 is 20.0 Å². The van der Waals surface area contributed by atoms with Crippen LogP contribution in [0.4, 0.5) is 0 Å². The van der Waals surface area contributed by atoms with Crippen LogP contribution in [0, 0.1) is 5.92 Å². The number of likely N-dealkylation sites (N-methyl/N-ethyl adjacent to an activating group) is 1. The molecule has 0 radical (unpaired) electrons. The number of oxime groups is 1. The number of carboxylic acids is 1. The first-order chi connectivity index (χ1) is 12.3. The van der Waals surface area contributed by atoms with Crippen LogP contribution in [0.1, 0.15) is 31.4 Å². The van der Waals surface area contributed by atoms with Crippen molar-refractivity contribution in [1.29, 1.82) is 0 Å². The largest absolute Gasteiger partial charge is 0.478 e. The molecule has 1 aliphatic heterocycles. The van der Waals surface area contributed by atoms with Crippen LogP contribution < -0.4 is 5.32 Å². The molecule has 2 rings (SSSR count). The molecule has 1 amide bonds. The van der Waals surface area contributed by atoms with Gasteiger partial charge in [-0.3, -0.25) is 4.79 Å². The number of carbonyl (C=O) groups excluding carboxylic acids is 1. The SMILES string of the molecule is CNC(=O)Cc1ccc(CC2COCC/C2=N\OC(C)(C)C(=O)O)cc1. The number of hydrogen-bond acceptors (Lipinski definition) is 5. The van der Waals surface area contributed by atoms with E-state index < -0.39 is 11.6 Å². The summed E-state index contributed by atoms with van der Waals surface area (Å²) in [5, 5.41) is 15.9. The molecule has 7 nitrogen and oxygen atoms in total. The van der Waals surface area contributed by atoms with Gasteiger partial charge in [-0.2, -0.15) is 0 Å². The van der Waals surface area contributed by atoms with Crippen LogP contribution >= 0.6 is 0 Å². The summed E-state index contributed by atoms with van der Waals surface area (Å²) in [6.07, 6.45) is 1.69. The third kappa shape index (κ3) is 5.56. The Bertz CT molecular complexity index is 667. The normalized spacial score (nSPS) is 19.2. The summed E-state index contributed by atoms with van der Waals surface area (Å²) in [6, 6.07) is 7.86. The topological polar surface area (TPSA) is 97.2 Å². The molecule has 1 aliphatic rings. The van der Waals surface area contributed by atoms with Gasteiger partial charge in [0.1, 0.15) is 0 Å². The van der Waals surface area contributed by atoms with Crippen LogP contribution in [-0.2, 0) is 32.0 Å². The smallest absolute Gasteiger partial charge is 0.350 e. The minimum Gasteiger partial charge on any atom is -0.478 e. The molecule has 7 heteroatoms. The molecule has 142 valence electrons. The third-order valence-corrected chi connectivity index (χ3v) is 4.35. The molecule has 0 aliphatic carbocycles. The Morgan fingerprint density at radius 2 is 1.96 bits per heavy atom. The molecule has 2 N–H and O–H groups in total. The molecule has 1 atom stereocenters. The van der Waals surface area contributed by atoms with Gasteiger partial charge in [0.15, 0.2) is 0 Å². The van der Waals surface area contributed by atoms with E-state index in [-0.39, 0.29) is 11.8 Å². The van der Waals surface area contributed by atoms with Crippen LogP contribution in [-0.4, -0.2) is 48.6 Å². The fourth-order valence-corrected chi connectivity index (χ4v) is 2.56. The second-order valence-electron chi connectivity index (χ2n) is 6.88. The highest BCUT2D eigenvalue weighted by atomic mass is 16.7. The minimum absolute atomic E-state index is 0.0222. The average Bonchev–Trinajstić information content (AvgIpc) is 2.62. The first-order valence-corrected chi connectivity index (χ1v) is 8.66. The van der Waals surface area contributed by atoms with Crippen molar-refractivity contribution in [3.63, 3.8) is 0 Å². The number of carbonyl (C=O) groups is 2. The van der Waals surface area contributed by atoms with Crippen molar-refractivity contribution in [2.45, 2.75) is 38.7 Å². The molecule has 1 saturated heterocycles. The number of hydrogen-bond donors (Lipinski definition) is 2. The summed E-state index contributed by atoms with van der Waals surface area (Å²) < 4.78 is 5.55. The first kappa shape index (κ1) is 19.9. The molecular formula is C19H26N2O5. The maximum absolute atomic E-state index is 11.4. The molecule has 1 aromatic rings. The van der Waals surface area contributed by atoms with E-state index in [9.17, 15) is 9.59 Å². The Morgan fingerprint density at radius 1 is 1.31 bits per heavy atom. The summed E-state index contributed by atoms with van der Waals surface area (Å²) in [7, 11) is 1.62. The fraction of sp³-hybridized carbons (Fsp3) is 0.526. The molecule has 0 bridgehead atoms. The van der Waals surface area contributed by atoms with E-state index in [1.165, 1.54) is 13.8 Å². The zero-order chi connectivity index (χ0) is 19.2. The molecule has 0 saturated carbocycles. The number of aliphatic carboxylic acids is 1. The lowest BCUT2D eigenvalue weighted by atomic mass is 9.92. The number of nitrogens with zero attached hydrogens (tertiary/aromatic N) is 1. The lowest BCUT2D eigenvalue weighted by Crippen LogP contribution is -2.35. The first-order valence-electron chi connectivity index (χ1n) is 8.66. The van der Waals surface area contributed by atoms with Crippen molar-refractivity contribution in [2.24, 2.45) is 11.1 Å². The van der Waals surface area contributed by atoms with E-state index in [4.69, 9.17) is 14.7 Å². The number of nitrogens with one attached hydrogen (secondary N) is 1. The maximum Gasteiger partial charge on any atom is 0.350 e. The molecule has 1 aromatic carbocycles. The van der Waals surface area contributed by atoms with Gasteiger partial charge in [-0.15, -0.1) is 0 Å². The predicted molar refractivity (Wildman–Crippen MR) is 97.1 cm³/mol. The minimum atomic E-state index is -1.36. The van der Waals surface area contributed by atoms with E-state index in [1.807, 2.05) is 24.3 Å². The summed E-state index contributed by atoms with van der Waals surface area (Å²) in [5.41, 5.74) is 1.51. The van der Waals surface area contributed by atoms with Gasteiger partial charge >= 0.3 is 5.97 Å². The van der Waals surface area contributed by atoms with Gasteiger partial charge in [-0.25, -0.2) is 4.79 Å². The highest BCUT2D eigenvalue weighted by Crippen LogP contribution is 2.20. The van der Waals surface area contributed by atoms with Gasteiger partial charge in [0.05, 0.1) is 25.3 Å². The summed E-state index contributed by atoms with van der Waals surface area (Å²) in [5.74, 6) is -1.04. The molecule has 1 heterocycles. The van der Waals surface area contributed by atoms with Gasteiger partial charge in [0.25, 0.3) is 0 Å². The molecule has 1 fully saturated rings. The van der Waals surface area contributed by atoms with Gasteiger partial charge in [-0.05, 0) is 31.4 Å². The Morgan fingerprint density at radius 3 is 2.58 bits per heavy atom. The number of ether oxygens (including phenoxy) is 1. The molecule has 0 aromatic heterocycles. The lowest BCUT2D eigenvalue weighted by molar-refractivity contribution is -0.161. The van der Waals surface area contributed by atoms with Crippen LogP contribution in [0.25, 0.3) is 0 Å². The van der Waals surface area contributed by atoms with E-state index in [2.05, 4.69) is 10.5 Å². The van der Waals surface area contributed by atoms with E-state index in [1.54, 1.807) is 7.05 Å². The van der Waals surface area contributed by atoms with Crippen LogP contribution in [0.2, 0.25) is 0 Å². The van der Waals surface area contributed by atoms with Crippen molar-refractivity contribution in [3.05, 3.63) is 35.4 Å². The zero-order valence-corrected chi connectivity index (χ0v) is 15.4. The average molecular weight is 362 g/mol. The quantitative estimate of drug-likeness (QED) is 0.721. The summed E-state index contributed by atoms with van der Waals surface area (Å²) >= 11 is 0. The van der Waals surface area contributed by atoms with Crippen molar-refractivity contribution in [3.8, 4) is 0 Å². The molecular weight excluding hydrogens is 336 g/mol. The zero-order valence-electron chi connectivity index (χ0n) is 15.4. The lowest BCUT2D eigenvalue weighted by Gasteiger charge is -2.25. The fourth-order valence-electron chi connectivity index (χ4n) is 2.56. The van der Waals surface area contributed by atoms with Crippen molar-refractivity contribution in [2.75, 3.05) is 20.3 Å². The maximum atomic E-state index is 11.4. The Labute approximate surface area is 153 Å². The van der Waals surface area contributed by atoms with E-state index >= 15 is 0 Å². The number of rotatable bonds is 7. The predicted octanol–water partition coefficient (Wildman–Crippen LogP) is 1.79. The number of benzene rings is 1. The van der Waals surface area contributed by atoms with Gasteiger partial charge in [0, 0.05) is 19.4 Å². The van der Waals surface area contributed by atoms with Gasteiger partial charge in [-0.1, -0.05) is 29.4 Å². The standard InChI is InChI=1S/C19H26N2O5/c1-19(2,18(23)24)26-21-16-8-9-25-12-15(16)10-13-4-6-14(7-5-13)11-17(22)20-3/h4-7,15H,8-12H2,1-3H3,(H,20,22)(H,23,24)/b21-16+. The summed E-state index contributed by atoms with van der Waals surface area (Å²) in [6.45, 7) is 4.02. The molecule has 1 unspecified atom stereocenters. The van der Waals surface area contributed by atoms with Crippen molar-refractivity contribution >= 4 is 17.6 Å². The van der Waals surface area contributed by atoms with E-state index in [0.717, 1.165) is 23.3 Å². The number of carboxylic acid groups (broad SMARTS) is 1.